The minimum atomic E-state index is -0.582. The number of nitriles is 1. The van der Waals surface area contributed by atoms with E-state index in [1.165, 1.54) is 21.3 Å². The Hall–Kier alpha value is -3.79. The summed E-state index contributed by atoms with van der Waals surface area (Å²) in [6.45, 7) is 0. The molecule has 0 unspecified atom stereocenters. The lowest BCUT2D eigenvalue weighted by atomic mass is 10.1. The lowest BCUT2D eigenvalue weighted by molar-refractivity contribution is -0.129. The van der Waals surface area contributed by atoms with Crippen LogP contribution >= 0.6 is 0 Å². The van der Waals surface area contributed by atoms with Crippen LogP contribution in [-0.4, -0.2) is 33.2 Å². The Balaban J connectivity index is 2.01. The number of cyclic esters (lactones) is 1. The monoisotopic (exact) mass is 364 g/mol. The zero-order valence-electron chi connectivity index (χ0n) is 15.0. The van der Waals surface area contributed by atoms with E-state index >= 15 is 0 Å². The molecule has 27 heavy (non-hydrogen) atoms. The van der Waals surface area contributed by atoms with Crippen LogP contribution in [0.4, 0.5) is 0 Å². The van der Waals surface area contributed by atoms with Crippen molar-refractivity contribution in [1.82, 2.24) is 0 Å². The van der Waals surface area contributed by atoms with E-state index in [4.69, 9.17) is 24.2 Å². The Morgan fingerprint density at radius 2 is 1.78 bits per heavy atom. The number of methoxy groups -OCH3 is 3. The van der Waals surface area contributed by atoms with Gasteiger partial charge in [0.25, 0.3) is 0 Å². The summed E-state index contributed by atoms with van der Waals surface area (Å²) in [6, 6.07) is 12.2. The van der Waals surface area contributed by atoms with Crippen LogP contribution in [0.2, 0.25) is 0 Å². The Morgan fingerprint density at radius 3 is 2.37 bits per heavy atom. The van der Waals surface area contributed by atoms with Gasteiger partial charge in [0.15, 0.2) is 17.2 Å². The number of esters is 1. The molecule has 0 saturated heterocycles. The fourth-order valence-electron chi connectivity index (χ4n) is 2.59. The van der Waals surface area contributed by atoms with Crippen molar-refractivity contribution < 1.29 is 23.7 Å². The standard InChI is InChI=1S/C20H16N2O5/c1-24-16-9-14(10-17(25-2)18(16)26-3)19-22-15(20(23)27-19)8-12-5-4-6-13(7-12)11-21/h4-10H,1-3H3/b15-8-. The minimum Gasteiger partial charge on any atom is -0.493 e. The fourth-order valence-corrected chi connectivity index (χ4v) is 2.59. The van der Waals surface area contributed by atoms with Gasteiger partial charge in [0.05, 0.1) is 33.0 Å². The van der Waals surface area contributed by atoms with E-state index in [0.29, 0.717) is 33.9 Å². The molecule has 3 rings (SSSR count). The topological polar surface area (TPSA) is 90.1 Å². The Kier molecular flexibility index (Phi) is 5.08. The molecule has 0 saturated carbocycles. The van der Waals surface area contributed by atoms with Crippen LogP contribution in [0.3, 0.4) is 0 Å². The molecule has 0 aliphatic carbocycles. The lowest BCUT2D eigenvalue weighted by Crippen LogP contribution is -2.06. The molecule has 0 spiro atoms. The van der Waals surface area contributed by atoms with Crippen molar-refractivity contribution >= 4 is 17.9 Å². The smallest absolute Gasteiger partial charge is 0.363 e. The van der Waals surface area contributed by atoms with Crippen LogP contribution in [0.1, 0.15) is 16.7 Å². The molecule has 0 fully saturated rings. The third kappa shape index (κ3) is 3.60. The van der Waals surface area contributed by atoms with Gasteiger partial charge in [-0.2, -0.15) is 5.26 Å². The number of ether oxygens (including phenoxy) is 4. The Morgan fingerprint density at radius 1 is 1.07 bits per heavy atom. The Bertz CT molecular complexity index is 977. The van der Waals surface area contributed by atoms with Gasteiger partial charge in [-0.3, -0.25) is 0 Å². The summed E-state index contributed by atoms with van der Waals surface area (Å²) in [5.41, 5.74) is 1.81. The number of hydrogen-bond donors (Lipinski definition) is 0. The maximum absolute atomic E-state index is 12.2. The van der Waals surface area contributed by atoms with E-state index in [9.17, 15) is 4.79 Å². The molecule has 0 amide bonds. The molecule has 0 bridgehead atoms. The van der Waals surface area contributed by atoms with Crippen LogP contribution < -0.4 is 14.2 Å². The van der Waals surface area contributed by atoms with Gasteiger partial charge < -0.3 is 18.9 Å². The third-order valence-corrected chi connectivity index (χ3v) is 3.85. The van der Waals surface area contributed by atoms with Crippen molar-refractivity contribution in [2.24, 2.45) is 4.99 Å². The molecule has 1 aliphatic rings. The zero-order valence-corrected chi connectivity index (χ0v) is 15.0. The SMILES string of the molecule is COc1cc(C2=N/C(=C\c3cccc(C#N)c3)C(=O)O2)cc(OC)c1OC. The second-order valence-corrected chi connectivity index (χ2v) is 5.49. The predicted molar refractivity (Wildman–Crippen MR) is 97.9 cm³/mol. The van der Waals surface area contributed by atoms with E-state index < -0.39 is 5.97 Å². The van der Waals surface area contributed by atoms with E-state index in [1.54, 1.807) is 42.5 Å². The summed E-state index contributed by atoms with van der Waals surface area (Å²) >= 11 is 0. The maximum Gasteiger partial charge on any atom is 0.363 e. The molecule has 0 aromatic heterocycles. The first-order valence-corrected chi connectivity index (χ1v) is 7.92. The maximum atomic E-state index is 12.2. The van der Waals surface area contributed by atoms with Gasteiger partial charge in [-0.25, -0.2) is 9.79 Å². The van der Waals surface area contributed by atoms with Gasteiger partial charge in [-0.15, -0.1) is 0 Å². The lowest BCUT2D eigenvalue weighted by Gasteiger charge is -2.13. The van der Waals surface area contributed by atoms with E-state index in [-0.39, 0.29) is 11.6 Å². The van der Waals surface area contributed by atoms with Gasteiger partial charge in [0.2, 0.25) is 11.6 Å². The van der Waals surface area contributed by atoms with Crippen LogP contribution in [0.25, 0.3) is 6.08 Å². The zero-order chi connectivity index (χ0) is 19.4. The summed E-state index contributed by atoms with van der Waals surface area (Å²) < 4.78 is 21.2. The highest BCUT2D eigenvalue weighted by Gasteiger charge is 2.26. The molecule has 136 valence electrons. The molecule has 7 heteroatoms. The van der Waals surface area contributed by atoms with Gasteiger partial charge in [-0.05, 0) is 35.9 Å². The molecule has 1 aliphatic heterocycles. The summed E-state index contributed by atoms with van der Waals surface area (Å²) in [5.74, 6) is 0.815. The van der Waals surface area contributed by atoms with Crippen LogP contribution in [0.15, 0.2) is 47.1 Å². The van der Waals surface area contributed by atoms with E-state index in [2.05, 4.69) is 11.1 Å². The second-order valence-electron chi connectivity index (χ2n) is 5.49. The average Bonchev–Trinajstić information content (AvgIpc) is 3.07. The van der Waals surface area contributed by atoms with Gasteiger partial charge in [-0.1, -0.05) is 12.1 Å². The third-order valence-electron chi connectivity index (χ3n) is 3.85. The number of carbonyl (C=O) groups excluding carboxylic acids is 1. The molecule has 7 nitrogen and oxygen atoms in total. The predicted octanol–water partition coefficient (Wildman–Crippen LogP) is 2.93. The number of aliphatic imine (C=N–C) groups is 1. The van der Waals surface area contributed by atoms with Crippen molar-refractivity contribution in [1.29, 1.82) is 5.26 Å². The van der Waals surface area contributed by atoms with Gasteiger partial charge in [0.1, 0.15) is 0 Å². The van der Waals surface area contributed by atoms with Crippen LogP contribution in [-0.2, 0) is 9.53 Å². The number of benzene rings is 2. The summed E-state index contributed by atoms with van der Waals surface area (Å²) in [4.78, 5) is 16.5. The second kappa shape index (κ2) is 7.62. The molecule has 2 aromatic carbocycles. The van der Waals surface area contributed by atoms with Gasteiger partial charge in [0, 0.05) is 5.56 Å². The first-order chi connectivity index (χ1) is 13.1. The van der Waals surface area contributed by atoms with Gasteiger partial charge >= 0.3 is 5.97 Å². The van der Waals surface area contributed by atoms with Crippen molar-refractivity contribution in [3.05, 3.63) is 58.8 Å². The highest BCUT2D eigenvalue weighted by molar-refractivity contribution is 6.13. The molecule has 1 heterocycles. The van der Waals surface area contributed by atoms with Crippen LogP contribution in [0.5, 0.6) is 17.2 Å². The summed E-state index contributed by atoms with van der Waals surface area (Å²) in [7, 11) is 4.50. The summed E-state index contributed by atoms with van der Waals surface area (Å²) in [5, 5.41) is 8.98. The highest BCUT2D eigenvalue weighted by Crippen LogP contribution is 2.39. The average molecular weight is 364 g/mol. The van der Waals surface area contributed by atoms with Crippen molar-refractivity contribution in [3.63, 3.8) is 0 Å². The molecule has 2 aromatic rings. The minimum absolute atomic E-state index is 0.127. The molecule has 0 atom stereocenters. The van der Waals surface area contributed by atoms with Crippen molar-refractivity contribution in [2.75, 3.05) is 21.3 Å². The van der Waals surface area contributed by atoms with E-state index in [1.807, 2.05) is 0 Å². The largest absolute Gasteiger partial charge is 0.493 e. The van der Waals surface area contributed by atoms with E-state index in [0.717, 1.165) is 0 Å². The fraction of sp³-hybridized carbons (Fsp3) is 0.150. The summed E-state index contributed by atoms with van der Waals surface area (Å²) in [6.07, 6.45) is 1.56. The van der Waals surface area contributed by atoms with Crippen molar-refractivity contribution in [2.45, 2.75) is 0 Å². The first kappa shape index (κ1) is 18.0. The normalized spacial score (nSPS) is 14.4. The first-order valence-electron chi connectivity index (χ1n) is 7.92. The molecular formula is C20H16N2O5. The number of nitrogens with zero attached hydrogens (tertiary/aromatic N) is 2. The molecular weight excluding hydrogens is 348 g/mol. The Labute approximate surface area is 156 Å². The highest BCUT2D eigenvalue weighted by atomic mass is 16.6. The molecule has 0 N–H and O–H groups in total. The van der Waals surface area contributed by atoms with Crippen molar-refractivity contribution in [3.8, 4) is 23.3 Å². The van der Waals surface area contributed by atoms with Crippen LogP contribution in [0, 0.1) is 11.3 Å². The number of carbonyl (C=O) groups is 1. The molecule has 0 radical (unpaired) electrons. The number of rotatable bonds is 5. The number of hydrogen-bond acceptors (Lipinski definition) is 7. The quantitative estimate of drug-likeness (QED) is 0.598.